The van der Waals surface area contributed by atoms with Gasteiger partial charge in [0.05, 0.1) is 24.9 Å². The van der Waals surface area contributed by atoms with E-state index in [0.717, 1.165) is 36.0 Å². The van der Waals surface area contributed by atoms with Crippen LogP contribution in [0.3, 0.4) is 0 Å². The summed E-state index contributed by atoms with van der Waals surface area (Å²) in [5, 5.41) is 4.26. The van der Waals surface area contributed by atoms with Gasteiger partial charge in [-0.15, -0.1) is 24.0 Å². The van der Waals surface area contributed by atoms with Crippen molar-refractivity contribution < 1.29 is 17.6 Å². The summed E-state index contributed by atoms with van der Waals surface area (Å²) < 4.78 is 38.7. The average Bonchev–Trinajstić information content (AvgIpc) is 3.14. The summed E-state index contributed by atoms with van der Waals surface area (Å²) >= 11 is 0. The zero-order valence-corrected chi connectivity index (χ0v) is 21.3. The van der Waals surface area contributed by atoms with Gasteiger partial charge in [0, 0.05) is 32.1 Å². The monoisotopic (exact) mass is 564 g/mol. The molecule has 1 aliphatic heterocycles. The second-order valence-electron chi connectivity index (χ2n) is 7.50. The fourth-order valence-corrected chi connectivity index (χ4v) is 4.34. The zero-order valence-electron chi connectivity index (χ0n) is 18.2. The van der Waals surface area contributed by atoms with E-state index in [0.29, 0.717) is 32.2 Å². The minimum atomic E-state index is -3.40. The van der Waals surface area contributed by atoms with Gasteiger partial charge >= 0.3 is 0 Å². The van der Waals surface area contributed by atoms with E-state index in [1.165, 1.54) is 0 Å². The highest BCUT2D eigenvalue weighted by Crippen LogP contribution is 2.19. The number of hydrogen-bond acceptors (Lipinski definition) is 5. The molecule has 10 heteroatoms. The van der Waals surface area contributed by atoms with Crippen LogP contribution in [0.2, 0.25) is 0 Å². The Morgan fingerprint density at radius 2 is 2.10 bits per heavy atom. The molecule has 1 atom stereocenters. The van der Waals surface area contributed by atoms with Crippen molar-refractivity contribution in [2.75, 3.05) is 39.0 Å². The van der Waals surface area contributed by atoms with Gasteiger partial charge in [-0.1, -0.05) is 18.2 Å². The van der Waals surface area contributed by atoms with Crippen molar-refractivity contribution in [3.8, 4) is 0 Å². The molecule has 0 aliphatic carbocycles. The summed E-state index contributed by atoms with van der Waals surface area (Å²) in [7, 11) is -1.49. The van der Waals surface area contributed by atoms with E-state index in [-0.39, 0.29) is 42.4 Å². The molecule has 1 aliphatic rings. The Bertz CT molecular complexity index is 909. The third kappa shape index (κ3) is 8.24. The topological polar surface area (TPSA) is 96.2 Å². The van der Waals surface area contributed by atoms with E-state index in [1.807, 2.05) is 49.2 Å². The normalized spacial score (nSPS) is 17.4. The van der Waals surface area contributed by atoms with Gasteiger partial charge in [-0.25, -0.2) is 13.1 Å². The summed E-state index contributed by atoms with van der Waals surface area (Å²) in [6.45, 7) is 4.41. The highest BCUT2D eigenvalue weighted by atomic mass is 127. The third-order valence-electron chi connectivity index (χ3n) is 4.99. The van der Waals surface area contributed by atoms with Crippen molar-refractivity contribution in [2.24, 2.45) is 4.99 Å². The van der Waals surface area contributed by atoms with Gasteiger partial charge in [-0.3, -0.25) is 4.99 Å². The number of fused-ring (bicyclic) bond motifs is 1. The molecule has 0 bridgehead atoms. The summed E-state index contributed by atoms with van der Waals surface area (Å²) in [6, 6.07) is 9.88. The highest BCUT2D eigenvalue weighted by Gasteiger charge is 2.18. The number of nitrogens with zero attached hydrogens (tertiary/aromatic N) is 2. The number of halogens is 1. The van der Waals surface area contributed by atoms with E-state index in [4.69, 9.17) is 9.15 Å². The first-order chi connectivity index (χ1) is 14.5. The lowest BCUT2D eigenvalue weighted by atomic mass is 10.1. The molecule has 8 nitrogen and oxygen atoms in total. The van der Waals surface area contributed by atoms with Crippen LogP contribution in [-0.2, 0) is 21.3 Å². The first-order valence-electron chi connectivity index (χ1n) is 10.5. The number of benzene rings is 1. The smallest absolute Gasteiger partial charge is 0.213 e. The maximum absolute atomic E-state index is 12.3. The molecule has 3 rings (SSSR count). The van der Waals surface area contributed by atoms with Gasteiger partial charge in [0.15, 0.2) is 5.96 Å². The maximum atomic E-state index is 12.3. The van der Waals surface area contributed by atoms with Gasteiger partial charge in [-0.2, -0.15) is 0 Å². The summed E-state index contributed by atoms with van der Waals surface area (Å²) in [5.74, 6) is 1.41. The number of para-hydroxylation sites is 1. The van der Waals surface area contributed by atoms with Crippen LogP contribution in [0.15, 0.2) is 39.7 Å². The van der Waals surface area contributed by atoms with E-state index >= 15 is 0 Å². The van der Waals surface area contributed by atoms with Gasteiger partial charge < -0.3 is 19.4 Å². The molecule has 0 amide bonds. The van der Waals surface area contributed by atoms with Gasteiger partial charge in [0.1, 0.15) is 11.3 Å². The number of furan rings is 1. The number of aliphatic imine (C=N–C) groups is 1. The predicted octanol–water partition coefficient (Wildman–Crippen LogP) is 2.94. The Balaban J connectivity index is 0.00000341. The molecule has 2 heterocycles. The number of ether oxygens (including phenoxy) is 1. The fraction of sp³-hybridized carbons (Fsp3) is 0.571. The molecule has 0 spiro atoms. The Kier molecular flexibility index (Phi) is 10.5. The molecule has 0 saturated carbocycles. The SMILES string of the molecule is CCNC(=NCCS(=O)(=O)NCC1CCCCO1)N(C)Cc1cc2ccccc2o1.I. The largest absolute Gasteiger partial charge is 0.459 e. The summed E-state index contributed by atoms with van der Waals surface area (Å²) in [6.07, 6.45) is 3.01. The first kappa shape index (κ1) is 25.9. The van der Waals surface area contributed by atoms with Gasteiger partial charge in [0.2, 0.25) is 10.0 Å². The van der Waals surface area contributed by atoms with Gasteiger partial charge in [0.25, 0.3) is 0 Å². The molecule has 1 fully saturated rings. The summed E-state index contributed by atoms with van der Waals surface area (Å²) in [4.78, 5) is 6.41. The molecular formula is C21H33IN4O4S. The van der Waals surface area contributed by atoms with Crippen molar-refractivity contribution >= 4 is 50.9 Å². The standard InChI is InChI=1S/C21H32N4O4S.HI/c1-3-22-21(25(2)16-19-14-17-8-4-5-10-20(17)29-19)23-11-13-30(26,27)24-15-18-9-6-7-12-28-18;/h4-5,8,10,14,18,24H,3,6-7,9,11-13,15-16H2,1-2H3,(H,22,23);1H. The molecule has 2 N–H and O–H groups in total. The van der Waals surface area contributed by atoms with Crippen molar-refractivity contribution in [3.05, 3.63) is 36.1 Å². The Morgan fingerprint density at radius 3 is 2.81 bits per heavy atom. The minimum Gasteiger partial charge on any atom is -0.459 e. The molecule has 31 heavy (non-hydrogen) atoms. The average molecular weight is 564 g/mol. The minimum absolute atomic E-state index is 0. The van der Waals surface area contributed by atoms with E-state index in [2.05, 4.69) is 15.0 Å². The molecular weight excluding hydrogens is 531 g/mol. The van der Waals surface area contributed by atoms with E-state index in [1.54, 1.807) is 0 Å². The maximum Gasteiger partial charge on any atom is 0.213 e. The molecule has 2 aromatic rings. The lowest BCUT2D eigenvalue weighted by Gasteiger charge is -2.22. The van der Waals surface area contributed by atoms with Crippen molar-refractivity contribution in [2.45, 2.75) is 38.8 Å². The van der Waals surface area contributed by atoms with Crippen LogP contribution >= 0.6 is 24.0 Å². The van der Waals surface area contributed by atoms with Crippen molar-refractivity contribution in [1.29, 1.82) is 0 Å². The van der Waals surface area contributed by atoms with Crippen LogP contribution in [0.25, 0.3) is 11.0 Å². The van der Waals surface area contributed by atoms with Crippen LogP contribution in [0.1, 0.15) is 31.9 Å². The second kappa shape index (κ2) is 12.6. The number of guanidine groups is 1. The fourth-order valence-electron chi connectivity index (χ4n) is 3.43. The molecule has 174 valence electrons. The van der Waals surface area contributed by atoms with Crippen molar-refractivity contribution in [1.82, 2.24) is 14.9 Å². The Hall–Kier alpha value is -1.37. The molecule has 0 radical (unpaired) electrons. The Morgan fingerprint density at radius 1 is 1.29 bits per heavy atom. The Labute approximate surface area is 201 Å². The molecule has 1 aromatic heterocycles. The van der Waals surface area contributed by atoms with E-state index in [9.17, 15) is 8.42 Å². The van der Waals surface area contributed by atoms with Crippen LogP contribution in [0.5, 0.6) is 0 Å². The predicted molar refractivity (Wildman–Crippen MR) is 134 cm³/mol. The van der Waals surface area contributed by atoms with Crippen molar-refractivity contribution in [3.63, 3.8) is 0 Å². The lowest BCUT2D eigenvalue weighted by Crippen LogP contribution is -2.39. The van der Waals surface area contributed by atoms with Crippen LogP contribution in [-0.4, -0.2) is 64.4 Å². The number of nitrogens with one attached hydrogen (secondary N) is 2. The molecule has 1 saturated heterocycles. The van der Waals surface area contributed by atoms with Crippen LogP contribution in [0.4, 0.5) is 0 Å². The second-order valence-corrected chi connectivity index (χ2v) is 9.42. The quantitative estimate of drug-likeness (QED) is 0.276. The molecule has 1 aromatic carbocycles. The van der Waals surface area contributed by atoms with Crippen LogP contribution in [0, 0.1) is 0 Å². The zero-order chi connectivity index (χ0) is 21.4. The number of sulfonamides is 1. The lowest BCUT2D eigenvalue weighted by molar-refractivity contribution is 0.0200. The van der Waals surface area contributed by atoms with Crippen LogP contribution < -0.4 is 10.0 Å². The molecule has 1 unspecified atom stereocenters. The van der Waals surface area contributed by atoms with E-state index < -0.39 is 10.0 Å². The van der Waals surface area contributed by atoms with Gasteiger partial charge in [-0.05, 0) is 38.3 Å². The first-order valence-corrected chi connectivity index (χ1v) is 12.2. The highest BCUT2D eigenvalue weighted by molar-refractivity contribution is 14.0. The number of hydrogen-bond donors (Lipinski definition) is 2. The third-order valence-corrected chi connectivity index (χ3v) is 6.32. The number of rotatable bonds is 9. The summed E-state index contributed by atoms with van der Waals surface area (Å²) in [5.41, 5.74) is 0.849.